The highest BCUT2D eigenvalue weighted by molar-refractivity contribution is 5.79. The number of nitrogens with two attached hydrogens (primary N) is 1. The Labute approximate surface area is 118 Å². The highest BCUT2D eigenvalue weighted by Gasteiger charge is 2.00. The van der Waals surface area contributed by atoms with E-state index in [0.29, 0.717) is 13.0 Å². The number of nitrogens with zero attached hydrogens (tertiary/aromatic N) is 1. The van der Waals surface area contributed by atoms with Crippen LogP contribution in [0.3, 0.4) is 0 Å². The molecule has 3 N–H and O–H groups in total. The fraction of sp³-hybridized carbons (Fsp3) is 0.333. The van der Waals surface area contributed by atoms with Gasteiger partial charge in [0.1, 0.15) is 5.75 Å². The Morgan fingerprint density at radius 2 is 2.10 bits per heavy atom. The van der Waals surface area contributed by atoms with Gasteiger partial charge in [0, 0.05) is 11.8 Å². The number of para-hydroxylation sites is 1. The zero-order valence-electron chi connectivity index (χ0n) is 11.3. The summed E-state index contributed by atoms with van der Waals surface area (Å²) in [5.74, 6) is 5.66. The molecule has 0 spiro atoms. The second-order valence-electron chi connectivity index (χ2n) is 4.59. The summed E-state index contributed by atoms with van der Waals surface area (Å²) < 4.78 is 5.66. The van der Waals surface area contributed by atoms with Crippen molar-refractivity contribution in [3.05, 3.63) is 36.5 Å². The van der Waals surface area contributed by atoms with Gasteiger partial charge in [0.05, 0.1) is 18.3 Å². The Morgan fingerprint density at radius 1 is 1.25 bits per heavy atom. The van der Waals surface area contributed by atoms with E-state index in [2.05, 4.69) is 10.4 Å². The molecule has 0 atom stereocenters. The predicted molar refractivity (Wildman–Crippen MR) is 78.0 cm³/mol. The standard InChI is InChI=1S/C15H19N3O2/c16-18-15(19)8-2-1-5-9-20-13-10-12-6-3-4-7-14(12)17-11-13/h3-4,6-7,10-11H,1-2,5,8-9,16H2,(H,18,19). The average molecular weight is 273 g/mol. The van der Waals surface area contributed by atoms with E-state index in [4.69, 9.17) is 10.6 Å². The van der Waals surface area contributed by atoms with Crippen LogP contribution in [0.4, 0.5) is 0 Å². The van der Waals surface area contributed by atoms with Crippen molar-refractivity contribution in [2.45, 2.75) is 25.7 Å². The topological polar surface area (TPSA) is 77.2 Å². The summed E-state index contributed by atoms with van der Waals surface area (Å²) in [6.07, 6.45) is 4.87. The maximum atomic E-state index is 10.9. The van der Waals surface area contributed by atoms with Crippen molar-refractivity contribution in [3.8, 4) is 5.75 Å². The largest absolute Gasteiger partial charge is 0.492 e. The van der Waals surface area contributed by atoms with Crippen LogP contribution in [0, 0.1) is 0 Å². The van der Waals surface area contributed by atoms with Gasteiger partial charge in [-0.05, 0) is 31.4 Å². The molecule has 1 heterocycles. The Bertz CT molecular complexity index is 572. The maximum Gasteiger partial charge on any atom is 0.233 e. The van der Waals surface area contributed by atoms with E-state index < -0.39 is 0 Å². The van der Waals surface area contributed by atoms with Gasteiger partial charge in [-0.2, -0.15) is 0 Å². The molecule has 1 amide bonds. The van der Waals surface area contributed by atoms with Crippen molar-refractivity contribution in [1.82, 2.24) is 10.4 Å². The lowest BCUT2D eigenvalue weighted by atomic mass is 10.2. The number of unbranched alkanes of at least 4 members (excludes halogenated alkanes) is 2. The molecule has 0 saturated heterocycles. The number of carbonyl (C=O) groups excluding carboxylic acids is 1. The number of pyridine rings is 1. The molecule has 5 heteroatoms. The number of aromatic nitrogens is 1. The first-order valence-corrected chi connectivity index (χ1v) is 6.76. The number of hydrazine groups is 1. The first kappa shape index (κ1) is 14.3. The summed E-state index contributed by atoms with van der Waals surface area (Å²) >= 11 is 0. The fourth-order valence-corrected chi connectivity index (χ4v) is 1.96. The Balaban J connectivity index is 1.72. The molecular weight excluding hydrogens is 254 g/mol. The van der Waals surface area contributed by atoms with Crippen LogP contribution in [-0.4, -0.2) is 17.5 Å². The third-order valence-corrected chi connectivity index (χ3v) is 3.04. The summed E-state index contributed by atoms with van der Waals surface area (Å²) in [5, 5.41) is 1.07. The summed E-state index contributed by atoms with van der Waals surface area (Å²) in [6, 6.07) is 9.93. The maximum absolute atomic E-state index is 10.9. The van der Waals surface area contributed by atoms with Crippen LogP contribution in [0.1, 0.15) is 25.7 Å². The van der Waals surface area contributed by atoms with Crippen LogP contribution in [0.2, 0.25) is 0 Å². The molecule has 0 unspecified atom stereocenters. The second-order valence-corrected chi connectivity index (χ2v) is 4.59. The van der Waals surface area contributed by atoms with E-state index in [1.807, 2.05) is 30.3 Å². The number of rotatable bonds is 7. The molecule has 0 aliphatic carbocycles. The molecule has 0 aliphatic rings. The minimum absolute atomic E-state index is 0.121. The molecule has 0 saturated carbocycles. The lowest BCUT2D eigenvalue weighted by Gasteiger charge is -2.06. The second kappa shape index (κ2) is 7.45. The van der Waals surface area contributed by atoms with E-state index in [1.54, 1.807) is 6.20 Å². The minimum atomic E-state index is -0.121. The number of benzene rings is 1. The molecule has 2 aromatic rings. The SMILES string of the molecule is NNC(=O)CCCCCOc1cnc2ccccc2c1. The molecule has 0 bridgehead atoms. The Kier molecular flexibility index (Phi) is 5.32. The number of ether oxygens (including phenoxy) is 1. The van der Waals surface area contributed by atoms with Gasteiger partial charge in [0.15, 0.2) is 0 Å². The number of fused-ring (bicyclic) bond motifs is 1. The van der Waals surface area contributed by atoms with Crippen molar-refractivity contribution in [3.63, 3.8) is 0 Å². The minimum Gasteiger partial charge on any atom is -0.492 e. The van der Waals surface area contributed by atoms with Gasteiger partial charge in [-0.3, -0.25) is 15.2 Å². The normalized spacial score (nSPS) is 10.4. The van der Waals surface area contributed by atoms with Crippen LogP contribution in [0.5, 0.6) is 5.75 Å². The van der Waals surface area contributed by atoms with E-state index in [0.717, 1.165) is 35.9 Å². The van der Waals surface area contributed by atoms with Gasteiger partial charge in [0.25, 0.3) is 0 Å². The highest BCUT2D eigenvalue weighted by atomic mass is 16.5. The molecular formula is C15H19N3O2. The number of hydrogen-bond donors (Lipinski definition) is 2. The Hall–Kier alpha value is -2.14. The van der Waals surface area contributed by atoms with Crippen molar-refractivity contribution >= 4 is 16.8 Å². The van der Waals surface area contributed by atoms with Crippen LogP contribution < -0.4 is 16.0 Å². The molecule has 1 aromatic heterocycles. The van der Waals surface area contributed by atoms with Crippen molar-refractivity contribution in [2.24, 2.45) is 5.84 Å². The van der Waals surface area contributed by atoms with Crippen molar-refractivity contribution in [1.29, 1.82) is 0 Å². The van der Waals surface area contributed by atoms with Crippen molar-refractivity contribution in [2.75, 3.05) is 6.61 Å². The van der Waals surface area contributed by atoms with E-state index in [-0.39, 0.29) is 5.91 Å². The highest BCUT2D eigenvalue weighted by Crippen LogP contribution is 2.18. The number of carbonyl (C=O) groups is 1. The number of amides is 1. The van der Waals surface area contributed by atoms with Gasteiger partial charge in [-0.15, -0.1) is 0 Å². The lowest BCUT2D eigenvalue weighted by Crippen LogP contribution is -2.29. The first-order chi connectivity index (χ1) is 9.79. The third kappa shape index (κ3) is 4.20. The monoisotopic (exact) mass is 273 g/mol. The van der Waals surface area contributed by atoms with Crippen LogP contribution in [0.25, 0.3) is 10.9 Å². The van der Waals surface area contributed by atoms with Crippen LogP contribution >= 0.6 is 0 Å². The van der Waals surface area contributed by atoms with E-state index in [1.165, 1.54) is 0 Å². The molecule has 0 radical (unpaired) electrons. The fourth-order valence-electron chi connectivity index (χ4n) is 1.96. The van der Waals surface area contributed by atoms with Gasteiger partial charge in [0.2, 0.25) is 5.91 Å². The summed E-state index contributed by atoms with van der Waals surface area (Å²) in [5.41, 5.74) is 3.09. The lowest BCUT2D eigenvalue weighted by molar-refractivity contribution is -0.121. The average Bonchev–Trinajstić information content (AvgIpc) is 2.50. The molecule has 5 nitrogen and oxygen atoms in total. The zero-order valence-corrected chi connectivity index (χ0v) is 11.3. The third-order valence-electron chi connectivity index (χ3n) is 3.04. The van der Waals surface area contributed by atoms with Crippen LogP contribution in [0.15, 0.2) is 36.5 Å². The molecule has 0 fully saturated rings. The molecule has 1 aromatic carbocycles. The van der Waals surface area contributed by atoms with Gasteiger partial charge >= 0.3 is 0 Å². The van der Waals surface area contributed by atoms with Gasteiger partial charge in [-0.25, -0.2) is 5.84 Å². The quantitative estimate of drug-likeness (QED) is 0.351. The molecule has 106 valence electrons. The van der Waals surface area contributed by atoms with E-state index >= 15 is 0 Å². The first-order valence-electron chi connectivity index (χ1n) is 6.76. The summed E-state index contributed by atoms with van der Waals surface area (Å²) in [7, 11) is 0. The molecule has 2 rings (SSSR count). The van der Waals surface area contributed by atoms with Gasteiger partial charge in [-0.1, -0.05) is 18.2 Å². The number of hydrogen-bond acceptors (Lipinski definition) is 4. The zero-order chi connectivity index (χ0) is 14.2. The van der Waals surface area contributed by atoms with Gasteiger partial charge < -0.3 is 4.74 Å². The smallest absolute Gasteiger partial charge is 0.233 e. The van der Waals surface area contributed by atoms with Crippen molar-refractivity contribution < 1.29 is 9.53 Å². The predicted octanol–water partition coefficient (Wildman–Crippen LogP) is 2.16. The summed E-state index contributed by atoms with van der Waals surface area (Å²) in [4.78, 5) is 15.3. The summed E-state index contributed by atoms with van der Waals surface area (Å²) in [6.45, 7) is 0.629. The molecule has 20 heavy (non-hydrogen) atoms. The number of nitrogens with one attached hydrogen (secondary N) is 1. The van der Waals surface area contributed by atoms with E-state index in [9.17, 15) is 4.79 Å². The molecule has 0 aliphatic heterocycles. The van der Waals surface area contributed by atoms with Crippen LogP contribution in [-0.2, 0) is 4.79 Å². The Morgan fingerprint density at radius 3 is 2.95 bits per heavy atom.